The Morgan fingerprint density at radius 3 is 1.63 bits per heavy atom. The van der Waals surface area contributed by atoms with Crippen molar-refractivity contribution in [1.29, 1.82) is 0 Å². The average molecular weight is 895 g/mol. The minimum Gasteiger partial charge on any atom is -0.462 e. The van der Waals surface area contributed by atoms with Gasteiger partial charge in [0.15, 0.2) is 6.10 Å². The third-order valence-corrected chi connectivity index (χ3v) is 11.4. The number of unbranched alkanes of at least 4 members (excludes halogenated alkanes) is 18. The third kappa shape index (κ3) is 36.9. The van der Waals surface area contributed by atoms with Crippen molar-refractivity contribution < 1.29 is 66.3 Å². The van der Waals surface area contributed by atoms with Crippen LogP contribution in [0, 0.1) is 0 Å². The van der Waals surface area contributed by atoms with Gasteiger partial charge in [-0.05, 0) is 51.4 Å². The highest BCUT2D eigenvalue weighted by molar-refractivity contribution is 7.47. The Balaban J connectivity index is 2.39. The fraction of sp³-hybridized carbons (Fsp3) is 0.818. The monoisotopic (exact) mass is 895 g/mol. The van der Waals surface area contributed by atoms with Crippen LogP contribution in [-0.4, -0.2) is 82.6 Å². The lowest BCUT2D eigenvalue weighted by atomic mass is 10.0. The van der Waals surface area contributed by atoms with Gasteiger partial charge in [0, 0.05) is 12.8 Å². The van der Waals surface area contributed by atoms with Crippen LogP contribution >= 0.6 is 15.6 Å². The van der Waals surface area contributed by atoms with Gasteiger partial charge in [-0.1, -0.05) is 153 Å². The van der Waals surface area contributed by atoms with Gasteiger partial charge in [0.2, 0.25) is 0 Å². The Kier molecular flexibility index (Phi) is 34.5. The molecule has 1 heterocycles. The zero-order valence-electron chi connectivity index (χ0n) is 36.8. The molecule has 1 aliphatic rings. The molecule has 1 saturated heterocycles. The summed E-state index contributed by atoms with van der Waals surface area (Å²) in [6, 6.07) is 0. The van der Waals surface area contributed by atoms with Gasteiger partial charge in [-0.3, -0.25) is 23.2 Å². The van der Waals surface area contributed by atoms with Crippen molar-refractivity contribution in [2.75, 3.05) is 26.4 Å². The van der Waals surface area contributed by atoms with E-state index < -0.39 is 66.2 Å². The number of phosphoric acid groups is 2. The molecule has 0 aromatic rings. The molecule has 60 heavy (non-hydrogen) atoms. The largest absolute Gasteiger partial charge is 0.472 e. The van der Waals surface area contributed by atoms with Crippen LogP contribution in [0.2, 0.25) is 0 Å². The van der Waals surface area contributed by atoms with E-state index in [-0.39, 0.29) is 25.0 Å². The molecule has 0 aromatic heterocycles. The minimum atomic E-state index is -4.87. The number of ether oxygens (including phenoxy) is 3. The number of allylic oxidation sites excluding steroid dienone is 4. The molecule has 3 unspecified atom stereocenters. The molecule has 1 fully saturated rings. The molecule has 0 aliphatic carbocycles. The van der Waals surface area contributed by atoms with E-state index in [4.69, 9.17) is 28.5 Å². The predicted molar refractivity (Wildman–Crippen MR) is 234 cm³/mol. The standard InChI is InChI=1S/C44H80O14P2/c1-3-5-7-9-11-13-14-15-16-17-18-20-22-24-29-33-43(46)53-37-40(38-56-60(51,52)55-36-39(45)35-54-59(48,49)50)57-44(47)34-30-26-25-28-32-42-41(58-42)31-27-23-21-19-12-10-8-6-4-2/h12,19,23,25,27-28,39-42,45H,3-11,13-18,20-22,24,26,29-38H2,1-2H3,(H,51,52)(H2,48,49,50)/b19-12-,27-23-,28-25-/t39-,40+,41?,42?/m0/s1. The van der Waals surface area contributed by atoms with E-state index in [1.54, 1.807) is 0 Å². The second kappa shape index (κ2) is 36.8. The second-order valence-electron chi connectivity index (χ2n) is 15.7. The summed E-state index contributed by atoms with van der Waals surface area (Å²) in [4.78, 5) is 52.8. The van der Waals surface area contributed by atoms with Crippen LogP contribution in [-0.2, 0) is 46.5 Å². The Morgan fingerprint density at radius 1 is 0.567 bits per heavy atom. The lowest BCUT2D eigenvalue weighted by Gasteiger charge is -2.20. The highest BCUT2D eigenvalue weighted by Gasteiger charge is 2.36. The number of esters is 2. The van der Waals surface area contributed by atoms with E-state index >= 15 is 0 Å². The molecule has 0 radical (unpaired) electrons. The summed E-state index contributed by atoms with van der Waals surface area (Å²) in [5.41, 5.74) is 0. The molecule has 0 saturated carbocycles. The number of hydrogen-bond acceptors (Lipinski definition) is 11. The van der Waals surface area contributed by atoms with Crippen molar-refractivity contribution in [3.8, 4) is 0 Å². The van der Waals surface area contributed by atoms with E-state index in [1.165, 1.54) is 89.9 Å². The van der Waals surface area contributed by atoms with Crippen LogP contribution in [0.25, 0.3) is 0 Å². The number of carbonyl (C=O) groups excluding carboxylic acids is 2. The van der Waals surface area contributed by atoms with Crippen molar-refractivity contribution in [3.63, 3.8) is 0 Å². The zero-order chi connectivity index (χ0) is 44.2. The first-order chi connectivity index (χ1) is 28.8. The van der Waals surface area contributed by atoms with Crippen LogP contribution < -0.4 is 0 Å². The molecule has 350 valence electrons. The molecular weight excluding hydrogens is 814 g/mol. The van der Waals surface area contributed by atoms with E-state index in [9.17, 15) is 28.7 Å². The molecular formula is C44H80O14P2. The topological polar surface area (TPSA) is 208 Å². The van der Waals surface area contributed by atoms with Gasteiger partial charge < -0.3 is 34.0 Å². The van der Waals surface area contributed by atoms with Crippen molar-refractivity contribution in [1.82, 2.24) is 0 Å². The molecule has 16 heteroatoms. The maximum absolute atomic E-state index is 12.7. The summed E-state index contributed by atoms with van der Waals surface area (Å²) < 4.78 is 53.5. The van der Waals surface area contributed by atoms with Crippen LogP contribution in [0.3, 0.4) is 0 Å². The summed E-state index contributed by atoms with van der Waals surface area (Å²) in [7, 11) is -9.70. The van der Waals surface area contributed by atoms with Crippen molar-refractivity contribution in [3.05, 3.63) is 36.5 Å². The van der Waals surface area contributed by atoms with E-state index in [0.717, 1.165) is 44.9 Å². The van der Waals surface area contributed by atoms with Crippen LogP contribution in [0.15, 0.2) is 36.5 Å². The zero-order valence-corrected chi connectivity index (χ0v) is 38.5. The van der Waals surface area contributed by atoms with E-state index in [2.05, 4.69) is 47.2 Å². The van der Waals surface area contributed by atoms with Crippen LogP contribution in [0.4, 0.5) is 0 Å². The van der Waals surface area contributed by atoms with Crippen LogP contribution in [0.5, 0.6) is 0 Å². The van der Waals surface area contributed by atoms with Gasteiger partial charge in [0.25, 0.3) is 0 Å². The normalized spacial score (nSPS) is 17.7. The van der Waals surface area contributed by atoms with Gasteiger partial charge in [0.05, 0.1) is 32.0 Å². The molecule has 1 aliphatic heterocycles. The lowest BCUT2D eigenvalue weighted by molar-refractivity contribution is -0.161. The highest BCUT2D eigenvalue weighted by atomic mass is 31.2. The summed E-state index contributed by atoms with van der Waals surface area (Å²) in [5, 5.41) is 9.76. The smallest absolute Gasteiger partial charge is 0.462 e. The fourth-order valence-electron chi connectivity index (χ4n) is 6.32. The molecule has 4 N–H and O–H groups in total. The molecule has 1 rings (SSSR count). The van der Waals surface area contributed by atoms with Gasteiger partial charge in [-0.2, -0.15) is 0 Å². The summed E-state index contributed by atoms with van der Waals surface area (Å²) in [5.74, 6) is -1.10. The first-order valence-corrected chi connectivity index (χ1v) is 25.8. The Hall–Kier alpha value is -1.70. The number of aliphatic hydroxyl groups excluding tert-OH is 1. The number of hydrogen-bond donors (Lipinski definition) is 4. The summed E-state index contributed by atoms with van der Waals surface area (Å²) in [6.07, 6.45) is 37.3. The first-order valence-electron chi connectivity index (χ1n) is 22.8. The van der Waals surface area contributed by atoms with E-state index in [0.29, 0.717) is 19.3 Å². The van der Waals surface area contributed by atoms with Gasteiger partial charge >= 0.3 is 27.6 Å². The SMILES string of the molecule is CCCCC/C=C\C/C=C\CC1OC1C/C=C\CCCC(=O)O[C@H](COC(=O)CCCCCCCCCCCCCCCCC)COP(=O)(O)OC[C@@H](O)COP(=O)(O)O. The summed E-state index contributed by atoms with van der Waals surface area (Å²) >= 11 is 0. The molecule has 0 aromatic carbocycles. The maximum Gasteiger partial charge on any atom is 0.472 e. The Morgan fingerprint density at radius 2 is 1.03 bits per heavy atom. The quantitative estimate of drug-likeness (QED) is 0.0148. The van der Waals surface area contributed by atoms with Crippen molar-refractivity contribution in [2.45, 2.75) is 205 Å². The third-order valence-electron chi connectivity index (χ3n) is 9.92. The lowest BCUT2D eigenvalue weighted by Crippen LogP contribution is -2.29. The van der Waals surface area contributed by atoms with Gasteiger partial charge in [-0.25, -0.2) is 9.13 Å². The minimum absolute atomic E-state index is 0.0490. The molecule has 0 spiro atoms. The molecule has 5 atom stereocenters. The number of aliphatic hydroxyl groups is 1. The molecule has 14 nitrogen and oxygen atoms in total. The highest BCUT2D eigenvalue weighted by Crippen LogP contribution is 2.44. The number of phosphoric ester groups is 2. The predicted octanol–water partition coefficient (Wildman–Crippen LogP) is 10.7. The Labute approximate surface area is 361 Å². The van der Waals surface area contributed by atoms with Crippen LogP contribution in [0.1, 0.15) is 181 Å². The maximum atomic E-state index is 12.7. The number of epoxide rings is 1. The molecule has 0 bridgehead atoms. The second-order valence-corrected chi connectivity index (χ2v) is 18.4. The average Bonchev–Trinajstić information content (AvgIpc) is 3.96. The summed E-state index contributed by atoms with van der Waals surface area (Å²) in [6.45, 7) is 1.67. The van der Waals surface area contributed by atoms with Crippen molar-refractivity contribution in [2.24, 2.45) is 0 Å². The Bertz CT molecular complexity index is 1270. The van der Waals surface area contributed by atoms with E-state index in [1.807, 2.05) is 12.2 Å². The van der Waals surface area contributed by atoms with Gasteiger partial charge in [-0.15, -0.1) is 0 Å². The molecule has 0 amide bonds. The first kappa shape index (κ1) is 56.3. The van der Waals surface area contributed by atoms with Crippen molar-refractivity contribution >= 4 is 27.6 Å². The fourth-order valence-corrected chi connectivity index (χ4v) is 7.48. The van der Waals surface area contributed by atoms with Gasteiger partial charge in [0.1, 0.15) is 12.7 Å². The number of rotatable bonds is 42. The number of carbonyl (C=O) groups is 2.